The van der Waals surface area contributed by atoms with Crippen LogP contribution in [-0.2, 0) is 11.3 Å². The van der Waals surface area contributed by atoms with Gasteiger partial charge in [0.2, 0.25) is 0 Å². The van der Waals surface area contributed by atoms with Gasteiger partial charge in [-0.15, -0.1) is 0 Å². The van der Waals surface area contributed by atoms with Gasteiger partial charge in [-0.3, -0.25) is 4.90 Å². The topological polar surface area (TPSA) is 65.0 Å². The molecule has 2 saturated heterocycles. The van der Waals surface area contributed by atoms with Crippen LogP contribution < -0.4 is 5.32 Å². The van der Waals surface area contributed by atoms with Crippen molar-refractivity contribution in [3.05, 3.63) is 29.8 Å². The number of hydrogen-bond acceptors (Lipinski definition) is 4. The van der Waals surface area contributed by atoms with Crippen LogP contribution in [0.2, 0.25) is 0 Å². The molecule has 0 saturated carbocycles. The first-order chi connectivity index (χ1) is 11.2. The molecule has 2 aliphatic rings. The van der Waals surface area contributed by atoms with E-state index in [1.807, 2.05) is 17.0 Å². The molecule has 1 aromatic rings. The van der Waals surface area contributed by atoms with Crippen LogP contribution in [-0.4, -0.2) is 66.4 Å². The molecule has 1 atom stereocenters. The minimum absolute atomic E-state index is 0.0255. The van der Waals surface area contributed by atoms with Crippen LogP contribution in [0.1, 0.15) is 18.4 Å². The third-order valence-corrected chi connectivity index (χ3v) is 4.45. The zero-order valence-corrected chi connectivity index (χ0v) is 13.4. The lowest BCUT2D eigenvalue weighted by molar-refractivity contribution is 0.0513. The molecule has 0 aliphatic carbocycles. The first-order valence-corrected chi connectivity index (χ1v) is 8.34. The number of carbonyl (C=O) groups is 1. The summed E-state index contributed by atoms with van der Waals surface area (Å²) in [4.78, 5) is 16.5. The Morgan fingerprint density at radius 1 is 1.30 bits per heavy atom. The summed E-state index contributed by atoms with van der Waals surface area (Å²) >= 11 is 0. The summed E-state index contributed by atoms with van der Waals surface area (Å²) in [6.45, 7) is 5.28. The lowest BCUT2D eigenvalue weighted by atomic mass is 10.0. The summed E-state index contributed by atoms with van der Waals surface area (Å²) in [5, 5.41) is 12.7. The Bertz CT molecular complexity index is 532. The molecule has 2 heterocycles. The summed E-state index contributed by atoms with van der Waals surface area (Å²) in [7, 11) is 0. The maximum absolute atomic E-state index is 12.3. The van der Waals surface area contributed by atoms with Crippen molar-refractivity contribution in [2.24, 2.45) is 0 Å². The van der Waals surface area contributed by atoms with Gasteiger partial charge in [0.05, 0.1) is 13.2 Å². The summed E-state index contributed by atoms with van der Waals surface area (Å²) in [5.41, 5.74) is 1.10. The summed E-state index contributed by atoms with van der Waals surface area (Å²) < 4.78 is 5.28. The van der Waals surface area contributed by atoms with Crippen molar-refractivity contribution < 1.29 is 14.6 Å². The number of carbonyl (C=O) groups excluding carboxylic acids is 1. The zero-order chi connectivity index (χ0) is 16.1. The molecule has 2 amide bonds. The summed E-state index contributed by atoms with van der Waals surface area (Å²) in [6.07, 6.45) is 2.10. The summed E-state index contributed by atoms with van der Waals surface area (Å²) in [6, 6.07) is 7.59. The van der Waals surface area contributed by atoms with Gasteiger partial charge in [-0.2, -0.15) is 0 Å². The SMILES string of the molecule is O=C(N[C@H]1CCCN(Cc2cccc(O)c2)C1)N1CCOCC1. The van der Waals surface area contributed by atoms with Gasteiger partial charge in [-0.1, -0.05) is 12.1 Å². The van der Waals surface area contributed by atoms with Crippen molar-refractivity contribution in [1.82, 2.24) is 15.1 Å². The average molecular weight is 319 g/mol. The fourth-order valence-electron chi connectivity index (χ4n) is 3.26. The molecule has 2 fully saturated rings. The number of phenols is 1. The Hall–Kier alpha value is -1.79. The van der Waals surface area contributed by atoms with Gasteiger partial charge in [0.25, 0.3) is 0 Å². The maximum Gasteiger partial charge on any atom is 0.317 e. The molecule has 2 N–H and O–H groups in total. The van der Waals surface area contributed by atoms with Gasteiger partial charge in [0, 0.05) is 32.2 Å². The highest BCUT2D eigenvalue weighted by Gasteiger charge is 2.24. The number of hydrogen-bond donors (Lipinski definition) is 2. The number of benzene rings is 1. The van der Waals surface area contributed by atoms with Crippen molar-refractivity contribution >= 4 is 6.03 Å². The molecule has 2 aliphatic heterocycles. The van der Waals surface area contributed by atoms with Gasteiger partial charge in [-0.05, 0) is 37.1 Å². The van der Waals surface area contributed by atoms with Crippen molar-refractivity contribution in [2.75, 3.05) is 39.4 Å². The van der Waals surface area contributed by atoms with Gasteiger partial charge >= 0.3 is 6.03 Å². The highest BCUT2D eigenvalue weighted by atomic mass is 16.5. The molecule has 6 heteroatoms. The first kappa shape index (κ1) is 16.1. The number of urea groups is 1. The number of morpholine rings is 1. The van der Waals surface area contributed by atoms with E-state index in [0.717, 1.165) is 38.0 Å². The molecule has 0 bridgehead atoms. The number of aromatic hydroxyl groups is 1. The zero-order valence-electron chi connectivity index (χ0n) is 13.4. The highest BCUT2D eigenvalue weighted by Crippen LogP contribution is 2.17. The molecule has 126 valence electrons. The number of nitrogens with zero attached hydrogens (tertiary/aromatic N) is 2. The molecule has 0 radical (unpaired) electrons. The van der Waals surface area contributed by atoms with E-state index in [1.54, 1.807) is 12.1 Å². The Kier molecular flexibility index (Phi) is 5.35. The van der Waals surface area contributed by atoms with Crippen LogP contribution in [0.5, 0.6) is 5.75 Å². The second-order valence-electron chi connectivity index (χ2n) is 6.29. The highest BCUT2D eigenvalue weighted by molar-refractivity contribution is 5.74. The molecule has 0 aromatic heterocycles. The Balaban J connectivity index is 1.50. The smallest absolute Gasteiger partial charge is 0.317 e. The number of likely N-dealkylation sites (tertiary alicyclic amines) is 1. The molecule has 0 spiro atoms. The van der Waals surface area contributed by atoms with Crippen molar-refractivity contribution in [2.45, 2.75) is 25.4 Å². The van der Waals surface area contributed by atoms with E-state index in [2.05, 4.69) is 10.2 Å². The quantitative estimate of drug-likeness (QED) is 0.884. The third kappa shape index (κ3) is 4.59. The van der Waals surface area contributed by atoms with Crippen LogP contribution in [0.15, 0.2) is 24.3 Å². The van der Waals surface area contributed by atoms with Gasteiger partial charge in [0.15, 0.2) is 0 Å². The van der Waals surface area contributed by atoms with Crippen LogP contribution in [0.25, 0.3) is 0 Å². The van der Waals surface area contributed by atoms with Crippen molar-refractivity contribution in [1.29, 1.82) is 0 Å². The lowest BCUT2D eigenvalue weighted by Crippen LogP contribution is -2.53. The number of rotatable bonds is 3. The Morgan fingerprint density at radius 2 is 2.13 bits per heavy atom. The molecule has 0 unspecified atom stereocenters. The van der Waals surface area contributed by atoms with Crippen LogP contribution >= 0.6 is 0 Å². The van der Waals surface area contributed by atoms with E-state index >= 15 is 0 Å². The third-order valence-electron chi connectivity index (χ3n) is 4.45. The predicted molar refractivity (Wildman–Crippen MR) is 87.3 cm³/mol. The molecular formula is C17H25N3O3. The minimum atomic E-state index is 0.0255. The van der Waals surface area contributed by atoms with E-state index in [4.69, 9.17) is 4.74 Å². The van der Waals surface area contributed by atoms with Gasteiger partial charge < -0.3 is 20.1 Å². The molecule has 23 heavy (non-hydrogen) atoms. The molecular weight excluding hydrogens is 294 g/mol. The maximum atomic E-state index is 12.3. The van der Waals surface area contributed by atoms with Crippen LogP contribution in [0.4, 0.5) is 4.79 Å². The summed E-state index contributed by atoms with van der Waals surface area (Å²) in [5.74, 6) is 0.302. The largest absolute Gasteiger partial charge is 0.508 e. The number of ether oxygens (including phenoxy) is 1. The fourth-order valence-corrected chi connectivity index (χ4v) is 3.26. The van der Waals surface area contributed by atoms with E-state index in [9.17, 15) is 9.90 Å². The van der Waals surface area contributed by atoms with Crippen molar-refractivity contribution in [3.8, 4) is 5.75 Å². The number of piperidine rings is 1. The number of phenolic OH excluding ortho intramolecular Hbond substituents is 1. The normalized spacial score (nSPS) is 22.8. The van der Waals surface area contributed by atoms with Gasteiger partial charge in [-0.25, -0.2) is 4.79 Å². The standard InChI is InChI=1S/C17H25N3O3/c21-16-5-1-3-14(11-16)12-19-6-2-4-15(13-19)18-17(22)20-7-9-23-10-8-20/h1,3,5,11,15,21H,2,4,6-10,12-13H2,(H,18,22)/t15-/m0/s1. The van der Waals surface area contributed by atoms with Crippen molar-refractivity contribution in [3.63, 3.8) is 0 Å². The second kappa shape index (κ2) is 7.66. The predicted octanol–water partition coefficient (Wildman–Crippen LogP) is 1.40. The van der Waals surface area contributed by atoms with Crippen LogP contribution in [0, 0.1) is 0 Å². The van der Waals surface area contributed by atoms with E-state index in [0.29, 0.717) is 32.1 Å². The minimum Gasteiger partial charge on any atom is -0.508 e. The van der Waals surface area contributed by atoms with E-state index in [1.165, 1.54) is 0 Å². The fraction of sp³-hybridized carbons (Fsp3) is 0.588. The second-order valence-corrected chi connectivity index (χ2v) is 6.29. The van der Waals surface area contributed by atoms with Crippen LogP contribution in [0.3, 0.4) is 0 Å². The number of nitrogens with one attached hydrogen (secondary N) is 1. The molecule has 1 aromatic carbocycles. The average Bonchev–Trinajstić information content (AvgIpc) is 2.56. The molecule has 3 rings (SSSR count). The monoisotopic (exact) mass is 319 g/mol. The lowest BCUT2D eigenvalue weighted by Gasteiger charge is -2.35. The van der Waals surface area contributed by atoms with E-state index in [-0.39, 0.29) is 12.1 Å². The molecule has 6 nitrogen and oxygen atoms in total. The number of amides is 2. The Labute approximate surface area is 137 Å². The Morgan fingerprint density at radius 3 is 2.91 bits per heavy atom. The van der Waals surface area contributed by atoms with E-state index < -0.39 is 0 Å². The van der Waals surface area contributed by atoms with Gasteiger partial charge in [0.1, 0.15) is 5.75 Å². The first-order valence-electron chi connectivity index (χ1n) is 8.34.